The van der Waals surface area contributed by atoms with Gasteiger partial charge in [0.2, 0.25) is 10.0 Å². The van der Waals surface area contributed by atoms with E-state index in [4.69, 9.17) is 6.42 Å². The Bertz CT molecular complexity index is 564. The molecule has 0 bridgehead atoms. The van der Waals surface area contributed by atoms with Crippen LogP contribution < -0.4 is 4.72 Å². The maximum atomic E-state index is 12.2. The molecule has 0 fully saturated rings. The third-order valence-corrected chi connectivity index (χ3v) is 5.20. The van der Waals surface area contributed by atoms with Crippen LogP contribution in [0.4, 0.5) is 0 Å². The first-order valence-corrected chi connectivity index (χ1v) is 8.41. The normalized spacial score (nSPS) is 13.0. The summed E-state index contributed by atoms with van der Waals surface area (Å²) in [4.78, 5) is 0.182. The minimum atomic E-state index is -3.60. The molecule has 1 atom stereocenters. The molecular weight excluding hydrogens is 382 g/mol. The van der Waals surface area contributed by atoms with Crippen LogP contribution in [0.1, 0.15) is 19.8 Å². The molecule has 0 aromatic heterocycles. The van der Waals surface area contributed by atoms with Crippen LogP contribution in [0.5, 0.6) is 0 Å². The van der Waals surface area contributed by atoms with Crippen molar-refractivity contribution in [2.45, 2.75) is 30.7 Å². The molecule has 0 saturated carbocycles. The zero-order valence-electron chi connectivity index (χ0n) is 9.78. The first-order valence-electron chi connectivity index (χ1n) is 5.34. The zero-order chi connectivity index (χ0) is 13.8. The lowest BCUT2D eigenvalue weighted by atomic mass is 10.2. The van der Waals surface area contributed by atoms with Crippen LogP contribution in [0.15, 0.2) is 32.0 Å². The van der Waals surface area contributed by atoms with E-state index in [0.29, 0.717) is 10.9 Å². The Hall–Kier alpha value is -0.350. The van der Waals surface area contributed by atoms with Crippen molar-refractivity contribution in [1.29, 1.82) is 0 Å². The number of rotatable bonds is 5. The predicted molar refractivity (Wildman–Crippen MR) is 79.7 cm³/mol. The Kier molecular flexibility index (Phi) is 5.86. The molecule has 0 saturated heterocycles. The van der Waals surface area contributed by atoms with Crippen molar-refractivity contribution in [3.05, 3.63) is 27.1 Å². The van der Waals surface area contributed by atoms with E-state index in [0.717, 1.165) is 10.9 Å². The van der Waals surface area contributed by atoms with Crippen LogP contribution in [0.2, 0.25) is 0 Å². The second-order valence-corrected chi connectivity index (χ2v) is 7.16. The molecule has 1 aromatic rings. The van der Waals surface area contributed by atoms with Gasteiger partial charge < -0.3 is 0 Å². The van der Waals surface area contributed by atoms with Crippen LogP contribution in [0.3, 0.4) is 0 Å². The number of hydrogen-bond acceptors (Lipinski definition) is 2. The van der Waals surface area contributed by atoms with Crippen molar-refractivity contribution in [3.8, 4) is 12.3 Å². The van der Waals surface area contributed by atoms with Crippen LogP contribution in [-0.2, 0) is 10.0 Å². The van der Waals surface area contributed by atoms with E-state index < -0.39 is 16.1 Å². The summed E-state index contributed by atoms with van der Waals surface area (Å²) in [7, 11) is -3.60. The molecule has 1 N–H and O–H groups in total. The van der Waals surface area contributed by atoms with Crippen molar-refractivity contribution >= 4 is 41.9 Å². The molecule has 0 aliphatic carbocycles. The summed E-state index contributed by atoms with van der Waals surface area (Å²) in [5, 5.41) is 0. The maximum absolute atomic E-state index is 12.2. The average molecular weight is 395 g/mol. The molecule has 0 amide bonds. The number of sulfonamides is 1. The zero-order valence-corrected chi connectivity index (χ0v) is 13.8. The lowest BCUT2D eigenvalue weighted by molar-refractivity contribution is 0.564. The summed E-state index contributed by atoms with van der Waals surface area (Å²) in [6.45, 7) is 1.95. The van der Waals surface area contributed by atoms with Crippen LogP contribution >= 0.6 is 31.9 Å². The van der Waals surface area contributed by atoms with E-state index in [9.17, 15) is 8.42 Å². The molecule has 0 aliphatic heterocycles. The molecule has 1 aromatic carbocycles. The number of benzene rings is 1. The highest BCUT2D eigenvalue weighted by Crippen LogP contribution is 2.25. The van der Waals surface area contributed by atoms with Gasteiger partial charge in [-0.05, 0) is 40.5 Å². The van der Waals surface area contributed by atoms with Gasteiger partial charge in [-0.1, -0.05) is 35.2 Å². The second kappa shape index (κ2) is 6.71. The van der Waals surface area contributed by atoms with Gasteiger partial charge >= 0.3 is 0 Å². The van der Waals surface area contributed by atoms with E-state index in [1.165, 1.54) is 6.07 Å². The number of halogens is 2. The molecule has 98 valence electrons. The van der Waals surface area contributed by atoms with Crippen molar-refractivity contribution in [3.63, 3.8) is 0 Å². The lowest BCUT2D eigenvalue weighted by Gasteiger charge is -2.13. The molecule has 0 heterocycles. The third kappa shape index (κ3) is 4.09. The summed E-state index contributed by atoms with van der Waals surface area (Å²) in [5.74, 6) is 2.44. The highest BCUT2D eigenvalue weighted by Gasteiger charge is 2.20. The molecule has 1 rings (SSSR count). The monoisotopic (exact) mass is 393 g/mol. The highest BCUT2D eigenvalue weighted by atomic mass is 79.9. The van der Waals surface area contributed by atoms with Gasteiger partial charge in [-0.3, -0.25) is 0 Å². The van der Waals surface area contributed by atoms with Crippen molar-refractivity contribution in [1.82, 2.24) is 4.72 Å². The fourth-order valence-electron chi connectivity index (χ4n) is 1.41. The van der Waals surface area contributed by atoms with Gasteiger partial charge in [-0.2, -0.15) is 4.72 Å². The van der Waals surface area contributed by atoms with Crippen molar-refractivity contribution in [2.75, 3.05) is 0 Å². The van der Waals surface area contributed by atoms with Gasteiger partial charge in [0.15, 0.2) is 0 Å². The van der Waals surface area contributed by atoms with Crippen molar-refractivity contribution < 1.29 is 8.42 Å². The van der Waals surface area contributed by atoms with Gasteiger partial charge in [0.25, 0.3) is 0 Å². The van der Waals surface area contributed by atoms with Crippen LogP contribution in [-0.4, -0.2) is 14.5 Å². The SMILES string of the molecule is C#CC(CCC)NS(=O)(=O)c1ccc(Br)cc1Br. The first-order chi connectivity index (χ1) is 8.40. The van der Waals surface area contributed by atoms with Gasteiger partial charge in [0.05, 0.1) is 10.9 Å². The largest absolute Gasteiger partial charge is 0.242 e. The minimum absolute atomic E-state index is 0.182. The summed E-state index contributed by atoms with van der Waals surface area (Å²) >= 11 is 6.51. The molecule has 3 nitrogen and oxygen atoms in total. The maximum Gasteiger partial charge on any atom is 0.242 e. The standard InChI is InChI=1S/C12H13Br2NO2S/c1-3-5-10(4-2)15-18(16,17)12-7-6-9(13)8-11(12)14/h2,6-8,10,15H,3,5H2,1H3. The summed E-state index contributed by atoms with van der Waals surface area (Å²) in [6, 6.07) is 4.40. The van der Waals surface area contributed by atoms with E-state index in [-0.39, 0.29) is 4.90 Å². The molecule has 0 aliphatic rings. The summed E-state index contributed by atoms with van der Waals surface area (Å²) in [6.07, 6.45) is 6.74. The van der Waals surface area contributed by atoms with Gasteiger partial charge in [0, 0.05) is 8.95 Å². The smallest absolute Gasteiger partial charge is 0.207 e. The van der Waals surface area contributed by atoms with E-state index >= 15 is 0 Å². The Morgan fingerprint density at radius 2 is 2.11 bits per heavy atom. The predicted octanol–water partition coefficient (Wildman–Crippen LogP) is 3.29. The molecule has 0 spiro atoms. The molecular formula is C12H13Br2NO2S. The molecule has 6 heteroatoms. The number of terminal acetylenes is 1. The third-order valence-electron chi connectivity index (χ3n) is 2.26. The minimum Gasteiger partial charge on any atom is -0.207 e. The Balaban J connectivity index is 3.03. The van der Waals surface area contributed by atoms with Crippen molar-refractivity contribution in [2.24, 2.45) is 0 Å². The topological polar surface area (TPSA) is 46.2 Å². The van der Waals surface area contributed by atoms with Gasteiger partial charge in [-0.15, -0.1) is 6.42 Å². The molecule has 0 radical (unpaired) electrons. The highest BCUT2D eigenvalue weighted by molar-refractivity contribution is 9.11. The molecule has 1 unspecified atom stereocenters. The van der Waals surface area contributed by atoms with Crippen LogP contribution in [0.25, 0.3) is 0 Å². The quantitative estimate of drug-likeness (QED) is 0.778. The average Bonchev–Trinajstić information content (AvgIpc) is 2.27. The molecule has 18 heavy (non-hydrogen) atoms. The summed E-state index contributed by atoms with van der Waals surface area (Å²) < 4.78 is 28.1. The fourth-order valence-corrected chi connectivity index (χ4v) is 4.35. The van der Waals surface area contributed by atoms with Gasteiger partial charge in [-0.25, -0.2) is 8.42 Å². The number of nitrogens with one attached hydrogen (secondary N) is 1. The lowest BCUT2D eigenvalue weighted by Crippen LogP contribution is -2.33. The number of hydrogen-bond donors (Lipinski definition) is 1. The Labute approximate surface area is 125 Å². The Morgan fingerprint density at radius 3 is 2.61 bits per heavy atom. The van der Waals surface area contributed by atoms with E-state index in [2.05, 4.69) is 42.5 Å². The van der Waals surface area contributed by atoms with E-state index in [1.54, 1.807) is 12.1 Å². The van der Waals surface area contributed by atoms with E-state index in [1.807, 2.05) is 6.92 Å². The first kappa shape index (κ1) is 15.7. The summed E-state index contributed by atoms with van der Waals surface area (Å²) in [5.41, 5.74) is 0. The fraction of sp³-hybridized carbons (Fsp3) is 0.333. The second-order valence-electron chi connectivity index (χ2n) is 3.70. The Morgan fingerprint density at radius 1 is 1.44 bits per heavy atom. The van der Waals surface area contributed by atoms with Crippen LogP contribution in [0, 0.1) is 12.3 Å². The van der Waals surface area contributed by atoms with Gasteiger partial charge in [0.1, 0.15) is 0 Å².